The zero-order valence-corrected chi connectivity index (χ0v) is 23.0. The van der Waals surface area contributed by atoms with E-state index >= 15 is 0 Å². The lowest BCUT2D eigenvalue weighted by Crippen LogP contribution is -2.65. The van der Waals surface area contributed by atoms with Crippen LogP contribution in [-0.2, 0) is 14.0 Å². The van der Waals surface area contributed by atoms with Crippen LogP contribution in [-0.4, -0.2) is 66.4 Å². The normalized spacial score (nSPS) is 33.1. The predicted octanol–water partition coefficient (Wildman–Crippen LogP) is 4.48. The summed E-state index contributed by atoms with van der Waals surface area (Å²) in [5, 5.41) is 13.8. The van der Waals surface area contributed by atoms with Gasteiger partial charge in [-0.3, -0.25) is 4.79 Å². The van der Waals surface area contributed by atoms with E-state index in [9.17, 15) is 14.7 Å². The van der Waals surface area contributed by atoms with Crippen molar-refractivity contribution in [2.45, 2.75) is 96.1 Å². The van der Waals surface area contributed by atoms with Crippen molar-refractivity contribution in [1.29, 1.82) is 0 Å². The molecule has 3 fully saturated rings. The predicted molar refractivity (Wildman–Crippen MR) is 136 cm³/mol. The number of rotatable bonds is 8. The van der Waals surface area contributed by atoms with E-state index in [4.69, 9.17) is 4.43 Å². The Kier molecular flexibility index (Phi) is 7.14. The molecule has 33 heavy (non-hydrogen) atoms. The summed E-state index contributed by atoms with van der Waals surface area (Å²) in [5.74, 6) is 1.26. The van der Waals surface area contributed by atoms with Crippen molar-refractivity contribution in [3.63, 3.8) is 0 Å². The van der Waals surface area contributed by atoms with Gasteiger partial charge in [-0.2, -0.15) is 11.8 Å². The van der Waals surface area contributed by atoms with Crippen molar-refractivity contribution in [3.05, 3.63) is 11.3 Å². The van der Waals surface area contributed by atoms with Gasteiger partial charge >= 0.3 is 5.97 Å². The highest BCUT2D eigenvalue weighted by Crippen LogP contribution is 2.55. The van der Waals surface area contributed by atoms with Gasteiger partial charge in [-0.15, -0.1) is 0 Å². The van der Waals surface area contributed by atoms with Gasteiger partial charge in [-0.25, -0.2) is 4.79 Å². The average molecular weight is 495 g/mol. The second-order valence-corrected chi connectivity index (χ2v) is 17.8. The van der Waals surface area contributed by atoms with Gasteiger partial charge in [0, 0.05) is 17.7 Å². The molecule has 1 amide bonds. The molecule has 3 aliphatic heterocycles. The third-order valence-electron chi connectivity index (χ3n) is 8.82. The van der Waals surface area contributed by atoms with Gasteiger partial charge in [0.15, 0.2) is 8.32 Å². The van der Waals surface area contributed by atoms with Gasteiger partial charge in [-0.05, 0) is 74.5 Å². The van der Waals surface area contributed by atoms with E-state index in [-0.39, 0.29) is 40.8 Å². The molecule has 1 saturated carbocycles. The van der Waals surface area contributed by atoms with Crippen molar-refractivity contribution >= 4 is 32.0 Å². The van der Waals surface area contributed by atoms with Gasteiger partial charge in [0.05, 0.1) is 18.1 Å². The molecule has 0 bridgehead atoms. The number of fused-ring (bicyclic) bond motifs is 3. The molecular weight excluding hydrogens is 452 g/mol. The van der Waals surface area contributed by atoms with Crippen LogP contribution in [0.1, 0.15) is 59.8 Å². The minimum absolute atomic E-state index is 0.0392. The van der Waals surface area contributed by atoms with E-state index in [1.165, 1.54) is 12.8 Å². The summed E-state index contributed by atoms with van der Waals surface area (Å²) >= 11 is 1.95. The van der Waals surface area contributed by atoms with Crippen molar-refractivity contribution in [3.8, 4) is 0 Å². The lowest BCUT2D eigenvalue weighted by atomic mass is 9.70. The molecule has 4 rings (SSSR count). The summed E-state index contributed by atoms with van der Waals surface area (Å²) in [6.07, 6.45) is 5.42. The Morgan fingerprint density at radius 3 is 2.58 bits per heavy atom. The molecule has 6 nitrogen and oxygen atoms in total. The van der Waals surface area contributed by atoms with Crippen LogP contribution in [0, 0.1) is 17.8 Å². The molecule has 186 valence electrons. The Bertz CT molecular complexity index is 818. The Balaban J connectivity index is 1.51. The van der Waals surface area contributed by atoms with Crippen LogP contribution in [0.15, 0.2) is 11.3 Å². The first-order valence-corrected chi connectivity index (χ1v) is 16.8. The second-order valence-electron chi connectivity index (χ2n) is 12.0. The molecule has 2 N–H and O–H groups in total. The SMILES string of the molecule is C[C@@H](O[Si](C)(C)C(C)(C)C)[C@H]1C(=O)N2C(C(=O)O)=C3[C@@H](CSC[C@@H]4CCCN4)CCC[C@@H]3[C@H]12. The quantitative estimate of drug-likeness (QED) is 0.383. The van der Waals surface area contributed by atoms with Gasteiger partial charge in [0.25, 0.3) is 0 Å². The number of nitrogens with one attached hydrogen (secondary N) is 1. The van der Waals surface area contributed by atoms with Crippen LogP contribution in [0.3, 0.4) is 0 Å². The zero-order chi connectivity index (χ0) is 24.1. The molecule has 1 aliphatic carbocycles. The number of carbonyl (C=O) groups excluding carboxylic acids is 1. The van der Waals surface area contributed by atoms with Crippen molar-refractivity contribution < 1.29 is 19.1 Å². The monoisotopic (exact) mass is 494 g/mol. The third-order valence-corrected chi connectivity index (χ3v) is 14.7. The number of thioether (sulfide) groups is 1. The molecule has 4 aliphatic rings. The van der Waals surface area contributed by atoms with Gasteiger partial charge < -0.3 is 19.7 Å². The Labute approximate surface area is 204 Å². The van der Waals surface area contributed by atoms with E-state index in [2.05, 4.69) is 39.2 Å². The molecule has 0 aromatic rings. The first kappa shape index (κ1) is 25.3. The molecule has 2 saturated heterocycles. The van der Waals surface area contributed by atoms with E-state index in [0.717, 1.165) is 42.9 Å². The molecule has 8 heteroatoms. The van der Waals surface area contributed by atoms with E-state index < -0.39 is 14.3 Å². The number of carboxylic acids is 1. The lowest BCUT2D eigenvalue weighted by molar-refractivity contribution is -0.163. The summed E-state index contributed by atoms with van der Waals surface area (Å²) in [5.41, 5.74) is 1.36. The summed E-state index contributed by atoms with van der Waals surface area (Å²) in [6.45, 7) is 14.2. The van der Waals surface area contributed by atoms with Gasteiger partial charge in [-0.1, -0.05) is 27.2 Å². The molecule has 0 unspecified atom stereocenters. The first-order valence-electron chi connectivity index (χ1n) is 12.7. The van der Waals surface area contributed by atoms with E-state index in [0.29, 0.717) is 11.7 Å². The number of nitrogens with zero attached hydrogens (tertiary/aromatic N) is 1. The molecule has 0 aromatic carbocycles. The van der Waals surface area contributed by atoms with Gasteiger partial charge in [0.1, 0.15) is 5.70 Å². The maximum Gasteiger partial charge on any atom is 0.352 e. The highest BCUT2D eigenvalue weighted by molar-refractivity contribution is 7.99. The fourth-order valence-corrected chi connectivity index (χ4v) is 8.89. The smallest absolute Gasteiger partial charge is 0.352 e. The van der Waals surface area contributed by atoms with Gasteiger partial charge in [0.2, 0.25) is 5.91 Å². The Hall–Kier alpha value is -0.833. The van der Waals surface area contributed by atoms with Crippen molar-refractivity contribution in [2.75, 3.05) is 18.1 Å². The third kappa shape index (κ3) is 4.57. The van der Waals surface area contributed by atoms with Crippen LogP contribution in [0.25, 0.3) is 0 Å². The number of carboxylic acid groups (broad SMARTS) is 1. The zero-order valence-electron chi connectivity index (χ0n) is 21.1. The lowest BCUT2D eigenvalue weighted by Gasteiger charge is -2.50. The largest absolute Gasteiger partial charge is 0.477 e. The number of amides is 1. The molecule has 0 radical (unpaired) electrons. The van der Waals surface area contributed by atoms with Crippen LogP contribution in [0.2, 0.25) is 18.1 Å². The molecule has 0 spiro atoms. The van der Waals surface area contributed by atoms with Crippen LogP contribution >= 0.6 is 11.8 Å². The molecular formula is C25H42N2O4SSi. The maximum absolute atomic E-state index is 13.3. The van der Waals surface area contributed by atoms with Crippen molar-refractivity contribution in [1.82, 2.24) is 10.2 Å². The van der Waals surface area contributed by atoms with E-state index in [1.54, 1.807) is 4.90 Å². The van der Waals surface area contributed by atoms with Crippen molar-refractivity contribution in [2.24, 2.45) is 17.8 Å². The molecule has 6 atom stereocenters. The number of hydrogen-bond acceptors (Lipinski definition) is 5. The van der Waals surface area contributed by atoms with Crippen LogP contribution < -0.4 is 5.32 Å². The number of carbonyl (C=O) groups is 2. The van der Waals surface area contributed by atoms with Crippen LogP contribution in [0.5, 0.6) is 0 Å². The number of aliphatic carboxylic acids is 1. The van der Waals surface area contributed by atoms with Crippen LogP contribution in [0.4, 0.5) is 0 Å². The Morgan fingerprint density at radius 2 is 1.97 bits per heavy atom. The highest BCUT2D eigenvalue weighted by Gasteiger charge is 2.63. The summed E-state index contributed by atoms with van der Waals surface area (Å²) in [7, 11) is -2.02. The number of hydrogen-bond donors (Lipinski definition) is 2. The second kappa shape index (κ2) is 9.32. The minimum Gasteiger partial charge on any atom is -0.477 e. The fourth-order valence-electron chi connectivity index (χ4n) is 6.13. The maximum atomic E-state index is 13.3. The number of β-lactam (4-membered cyclic amide) rings is 1. The summed E-state index contributed by atoms with van der Waals surface area (Å²) in [4.78, 5) is 27.3. The van der Waals surface area contributed by atoms with E-state index in [1.807, 2.05) is 18.7 Å². The standard InChI is InChI=1S/C25H42N2O4SSi/c1-15(31-33(5,6)25(2,3)4)19-21-18-11-7-9-16(13-32-14-17-10-8-12-26-17)20(18)22(24(29)30)27(21)23(19)28/h15-19,21,26H,7-14H2,1-6H3,(H,29,30)/t15-,16-,17+,18+,19-,21-/m1/s1. The minimum atomic E-state index is -2.02. The summed E-state index contributed by atoms with van der Waals surface area (Å²) in [6, 6.07) is 0.549. The first-order chi connectivity index (χ1) is 15.4. The topological polar surface area (TPSA) is 78.9 Å². The summed E-state index contributed by atoms with van der Waals surface area (Å²) < 4.78 is 6.62. The highest BCUT2D eigenvalue weighted by atomic mass is 32.2. The fraction of sp³-hybridized carbons (Fsp3) is 0.840. The molecule has 0 aromatic heterocycles. The Morgan fingerprint density at radius 1 is 1.24 bits per heavy atom. The molecule has 3 heterocycles. The average Bonchev–Trinajstić information content (AvgIpc) is 3.31.